The Morgan fingerprint density at radius 1 is 1.08 bits per heavy atom. The first-order valence-corrected chi connectivity index (χ1v) is 8.39. The Morgan fingerprint density at radius 3 is 2.44 bits per heavy atom. The van der Waals surface area contributed by atoms with Gasteiger partial charge in [0.25, 0.3) is 5.91 Å². The van der Waals surface area contributed by atoms with Crippen LogP contribution in [0.4, 0.5) is 5.13 Å². The molecule has 1 N–H and O–H groups in total. The molecule has 128 valence electrons. The van der Waals surface area contributed by atoms with Gasteiger partial charge >= 0.3 is 0 Å². The third-order valence-electron chi connectivity index (χ3n) is 3.41. The van der Waals surface area contributed by atoms with E-state index >= 15 is 0 Å². The largest absolute Gasteiger partial charge is 0.497 e. The fourth-order valence-corrected chi connectivity index (χ4v) is 2.68. The maximum atomic E-state index is 12.0. The van der Waals surface area contributed by atoms with Gasteiger partial charge in [0.2, 0.25) is 5.13 Å². The van der Waals surface area contributed by atoms with Gasteiger partial charge in [-0.3, -0.25) is 10.1 Å². The number of carbonyl (C=O) groups is 1. The number of rotatable bonds is 6. The Morgan fingerprint density at radius 2 is 1.76 bits per heavy atom. The molecule has 0 bridgehead atoms. The van der Waals surface area contributed by atoms with Gasteiger partial charge in [0.05, 0.1) is 7.11 Å². The Kier molecular flexibility index (Phi) is 5.25. The molecule has 0 saturated carbocycles. The number of nitrogens with zero attached hydrogens (tertiary/aromatic N) is 2. The zero-order valence-electron chi connectivity index (χ0n) is 13.9. The van der Waals surface area contributed by atoms with Gasteiger partial charge in [0.15, 0.2) is 12.4 Å². The number of ether oxygens (including phenoxy) is 2. The first-order valence-electron chi connectivity index (χ1n) is 7.61. The van der Waals surface area contributed by atoms with Gasteiger partial charge in [0, 0.05) is 17.1 Å². The SMILES string of the molecule is COc1ccc(-c2nsc(NC(=O)COc3ccc(C)cc3)n2)cc1. The molecule has 7 heteroatoms. The van der Waals surface area contributed by atoms with Crippen molar-refractivity contribution in [1.29, 1.82) is 0 Å². The molecule has 0 atom stereocenters. The first-order chi connectivity index (χ1) is 12.1. The van der Waals surface area contributed by atoms with Crippen molar-refractivity contribution < 1.29 is 14.3 Å². The van der Waals surface area contributed by atoms with Crippen molar-refractivity contribution in [1.82, 2.24) is 9.36 Å². The van der Waals surface area contributed by atoms with Crippen LogP contribution >= 0.6 is 11.5 Å². The molecule has 1 heterocycles. The highest BCUT2D eigenvalue weighted by Crippen LogP contribution is 2.23. The van der Waals surface area contributed by atoms with Crippen LogP contribution in [-0.4, -0.2) is 29.0 Å². The number of anilines is 1. The van der Waals surface area contributed by atoms with Crippen molar-refractivity contribution in [3.05, 3.63) is 54.1 Å². The number of benzene rings is 2. The maximum absolute atomic E-state index is 12.0. The zero-order valence-corrected chi connectivity index (χ0v) is 14.7. The number of hydrogen-bond acceptors (Lipinski definition) is 6. The summed E-state index contributed by atoms with van der Waals surface area (Å²) in [4.78, 5) is 16.3. The predicted molar refractivity (Wildman–Crippen MR) is 97.2 cm³/mol. The molecule has 25 heavy (non-hydrogen) atoms. The normalized spacial score (nSPS) is 10.3. The molecular weight excluding hydrogens is 338 g/mol. The van der Waals surface area contributed by atoms with Gasteiger partial charge in [-0.15, -0.1) is 0 Å². The molecule has 1 amide bonds. The van der Waals surface area contributed by atoms with Crippen LogP contribution in [0.1, 0.15) is 5.56 Å². The topological polar surface area (TPSA) is 73.3 Å². The molecule has 6 nitrogen and oxygen atoms in total. The smallest absolute Gasteiger partial charge is 0.264 e. The lowest BCUT2D eigenvalue weighted by Crippen LogP contribution is -2.20. The van der Waals surface area contributed by atoms with Crippen molar-refractivity contribution in [2.75, 3.05) is 19.0 Å². The van der Waals surface area contributed by atoms with E-state index in [0.29, 0.717) is 16.7 Å². The van der Waals surface area contributed by atoms with E-state index in [1.54, 1.807) is 7.11 Å². The molecule has 0 saturated heterocycles. The first kappa shape index (κ1) is 16.9. The Balaban J connectivity index is 1.56. The summed E-state index contributed by atoms with van der Waals surface area (Å²) in [6.07, 6.45) is 0. The van der Waals surface area contributed by atoms with Crippen LogP contribution in [0.3, 0.4) is 0 Å². The van der Waals surface area contributed by atoms with Gasteiger partial charge in [0.1, 0.15) is 11.5 Å². The van der Waals surface area contributed by atoms with Crippen molar-refractivity contribution in [3.8, 4) is 22.9 Å². The molecule has 0 aliphatic rings. The Labute approximate surface area is 149 Å². The van der Waals surface area contributed by atoms with Crippen LogP contribution in [-0.2, 0) is 4.79 Å². The highest BCUT2D eigenvalue weighted by atomic mass is 32.1. The van der Waals surface area contributed by atoms with Gasteiger partial charge in [-0.1, -0.05) is 17.7 Å². The third-order valence-corrected chi connectivity index (χ3v) is 4.04. The van der Waals surface area contributed by atoms with Crippen molar-refractivity contribution in [3.63, 3.8) is 0 Å². The summed E-state index contributed by atoms with van der Waals surface area (Å²) in [6.45, 7) is 1.91. The van der Waals surface area contributed by atoms with E-state index in [1.807, 2.05) is 55.5 Å². The molecule has 0 spiro atoms. The number of aryl methyl sites for hydroxylation is 1. The monoisotopic (exact) mass is 355 g/mol. The fraction of sp³-hybridized carbons (Fsp3) is 0.167. The third kappa shape index (κ3) is 4.54. The Bertz CT molecular complexity index is 845. The van der Waals surface area contributed by atoms with Crippen LogP contribution in [0, 0.1) is 6.92 Å². The number of methoxy groups -OCH3 is 1. The zero-order chi connectivity index (χ0) is 17.6. The summed E-state index contributed by atoms with van der Waals surface area (Å²) in [6, 6.07) is 14.9. The average molecular weight is 355 g/mol. The van der Waals surface area contributed by atoms with Crippen LogP contribution in [0.25, 0.3) is 11.4 Å². The van der Waals surface area contributed by atoms with E-state index in [9.17, 15) is 4.79 Å². The van der Waals surface area contributed by atoms with E-state index in [4.69, 9.17) is 9.47 Å². The summed E-state index contributed by atoms with van der Waals surface area (Å²) >= 11 is 1.13. The second-order valence-corrected chi connectivity index (χ2v) is 6.05. The minimum atomic E-state index is -0.280. The van der Waals surface area contributed by atoms with Gasteiger partial charge in [-0.25, -0.2) is 0 Å². The standard InChI is InChI=1S/C18H17N3O3S/c1-12-3-7-15(8-4-12)24-11-16(22)19-18-20-17(21-25-18)13-5-9-14(23-2)10-6-13/h3-10H,11H2,1-2H3,(H,19,20,21,22). The van der Waals surface area contributed by atoms with Crippen LogP contribution in [0.2, 0.25) is 0 Å². The van der Waals surface area contributed by atoms with E-state index in [-0.39, 0.29) is 12.5 Å². The van der Waals surface area contributed by atoms with E-state index < -0.39 is 0 Å². The second kappa shape index (κ2) is 7.76. The van der Waals surface area contributed by atoms with Crippen LogP contribution in [0.15, 0.2) is 48.5 Å². The van der Waals surface area contributed by atoms with E-state index in [2.05, 4.69) is 14.7 Å². The number of aromatic nitrogens is 2. The van der Waals surface area contributed by atoms with Crippen LogP contribution in [0.5, 0.6) is 11.5 Å². The molecule has 0 radical (unpaired) electrons. The lowest BCUT2D eigenvalue weighted by Gasteiger charge is -2.05. The molecule has 0 unspecified atom stereocenters. The highest BCUT2D eigenvalue weighted by molar-refractivity contribution is 7.10. The minimum absolute atomic E-state index is 0.0828. The Hall–Kier alpha value is -2.93. The van der Waals surface area contributed by atoms with Gasteiger partial charge in [-0.05, 0) is 43.3 Å². The molecule has 3 aromatic rings. The number of hydrogen-bond donors (Lipinski definition) is 1. The van der Waals surface area contributed by atoms with Crippen LogP contribution < -0.4 is 14.8 Å². The highest BCUT2D eigenvalue weighted by Gasteiger charge is 2.10. The summed E-state index contributed by atoms with van der Waals surface area (Å²) in [5.41, 5.74) is 1.99. The number of nitrogens with one attached hydrogen (secondary N) is 1. The summed E-state index contributed by atoms with van der Waals surface area (Å²) < 4.78 is 14.8. The predicted octanol–water partition coefficient (Wildman–Crippen LogP) is 3.54. The maximum Gasteiger partial charge on any atom is 0.264 e. The summed E-state index contributed by atoms with van der Waals surface area (Å²) in [5.74, 6) is 1.69. The molecule has 0 aliphatic carbocycles. The minimum Gasteiger partial charge on any atom is -0.497 e. The van der Waals surface area contributed by atoms with Gasteiger partial charge in [-0.2, -0.15) is 9.36 Å². The van der Waals surface area contributed by atoms with Crippen molar-refractivity contribution in [2.45, 2.75) is 6.92 Å². The molecular formula is C18H17N3O3S. The molecule has 3 rings (SSSR count). The lowest BCUT2D eigenvalue weighted by atomic mass is 10.2. The lowest BCUT2D eigenvalue weighted by molar-refractivity contribution is -0.118. The number of carbonyl (C=O) groups excluding carboxylic acids is 1. The fourth-order valence-electron chi connectivity index (χ4n) is 2.07. The van der Waals surface area contributed by atoms with Crippen molar-refractivity contribution >= 4 is 22.6 Å². The molecule has 0 aliphatic heterocycles. The second-order valence-electron chi connectivity index (χ2n) is 5.30. The summed E-state index contributed by atoms with van der Waals surface area (Å²) in [7, 11) is 1.61. The quantitative estimate of drug-likeness (QED) is 0.732. The van der Waals surface area contributed by atoms with E-state index in [0.717, 1.165) is 28.4 Å². The van der Waals surface area contributed by atoms with E-state index in [1.165, 1.54) is 0 Å². The van der Waals surface area contributed by atoms with Crippen molar-refractivity contribution in [2.24, 2.45) is 0 Å². The van der Waals surface area contributed by atoms with Gasteiger partial charge < -0.3 is 9.47 Å². The molecule has 2 aromatic carbocycles. The molecule has 1 aromatic heterocycles. The summed E-state index contributed by atoms with van der Waals surface area (Å²) in [5, 5.41) is 3.13. The molecule has 0 fully saturated rings. The average Bonchev–Trinajstić information content (AvgIpc) is 3.10. The number of amides is 1.